The summed E-state index contributed by atoms with van der Waals surface area (Å²) in [5.74, 6) is 0. The van der Waals surface area contributed by atoms with Crippen molar-refractivity contribution in [2.75, 3.05) is 31.7 Å². The highest BCUT2D eigenvalue weighted by Gasteiger charge is 2.49. The lowest BCUT2D eigenvalue weighted by Crippen LogP contribution is -2.47. The number of benzene rings is 1. The third kappa shape index (κ3) is 6.21. The van der Waals surface area contributed by atoms with Crippen molar-refractivity contribution in [3.05, 3.63) is 29.8 Å². The minimum atomic E-state index is -4.68. The zero-order valence-corrected chi connectivity index (χ0v) is 12.7. The zero-order valence-electron chi connectivity index (χ0n) is 12.7. The number of rotatable bonds is 9. The van der Waals surface area contributed by atoms with Crippen LogP contribution >= 0.6 is 0 Å². The average molecular weight is 321 g/mol. The molecule has 1 atom stereocenters. The Morgan fingerprint density at radius 2 is 1.86 bits per heavy atom. The van der Waals surface area contributed by atoms with E-state index in [4.69, 9.17) is 9.47 Å². The van der Waals surface area contributed by atoms with Crippen LogP contribution in [0.3, 0.4) is 0 Å². The summed E-state index contributed by atoms with van der Waals surface area (Å²) < 4.78 is 48.2. The standard InChI is InChI=1S/C15H22F3NO3/c1-3-21-7-8-22-10-12-5-4-6-13(9-12)19-11-14(2,20)15(16,17)18/h4-6,9,19-20H,3,7-8,10-11H2,1-2H3. The Balaban J connectivity index is 2.47. The lowest BCUT2D eigenvalue weighted by Gasteiger charge is -2.26. The predicted octanol–water partition coefficient (Wildman–Crippen LogP) is 2.96. The molecule has 0 saturated heterocycles. The molecular weight excluding hydrogens is 299 g/mol. The molecule has 22 heavy (non-hydrogen) atoms. The van der Waals surface area contributed by atoms with E-state index in [1.165, 1.54) is 0 Å². The first-order valence-electron chi connectivity index (χ1n) is 7.03. The summed E-state index contributed by atoms with van der Waals surface area (Å²) in [6.07, 6.45) is -4.68. The van der Waals surface area contributed by atoms with Gasteiger partial charge in [-0.15, -0.1) is 0 Å². The molecule has 0 spiro atoms. The molecule has 0 aliphatic rings. The van der Waals surface area contributed by atoms with E-state index in [0.29, 0.717) is 32.1 Å². The fourth-order valence-corrected chi connectivity index (χ4v) is 1.60. The third-order valence-electron chi connectivity index (χ3n) is 3.02. The molecular formula is C15H22F3NO3. The fourth-order valence-electron chi connectivity index (χ4n) is 1.60. The van der Waals surface area contributed by atoms with Gasteiger partial charge in [-0.25, -0.2) is 0 Å². The first kappa shape index (κ1) is 18.7. The number of anilines is 1. The van der Waals surface area contributed by atoms with Gasteiger partial charge < -0.3 is 19.9 Å². The first-order chi connectivity index (χ1) is 10.3. The number of hydrogen-bond donors (Lipinski definition) is 2. The van der Waals surface area contributed by atoms with Crippen LogP contribution in [0, 0.1) is 0 Å². The van der Waals surface area contributed by atoms with Crippen LogP contribution in [-0.4, -0.2) is 43.2 Å². The van der Waals surface area contributed by atoms with E-state index in [1.54, 1.807) is 18.2 Å². The summed E-state index contributed by atoms with van der Waals surface area (Å²) in [6, 6.07) is 6.85. The Labute approximate surface area is 128 Å². The van der Waals surface area contributed by atoms with Crippen molar-refractivity contribution in [3.63, 3.8) is 0 Å². The highest BCUT2D eigenvalue weighted by atomic mass is 19.4. The Morgan fingerprint density at radius 1 is 1.18 bits per heavy atom. The van der Waals surface area contributed by atoms with Crippen LogP contribution in [-0.2, 0) is 16.1 Å². The maximum Gasteiger partial charge on any atom is 0.418 e. The molecule has 1 aromatic carbocycles. The van der Waals surface area contributed by atoms with E-state index in [1.807, 2.05) is 13.0 Å². The summed E-state index contributed by atoms with van der Waals surface area (Å²) in [5, 5.41) is 12.0. The predicted molar refractivity (Wildman–Crippen MR) is 77.8 cm³/mol. The minimum Gasteiger partial charge on any atom is -0.382 e. The number of halogens is 3. The summed E-state index contributed by atoms with van der Waals surface area (Å²) in [6.45, 7) is 3.94. The van der Waals surface area contributed by atoms with Crippen molar-refractivity contribution in [2.45, 2.75) is 32.2 Å². The van der Waals surface area contributed by atoms with Crippen LogP contribution in [0.4, 0.5) is 18.9 Å². The molecule has 0 amide bonds. The zero-order chi connectivity index (χ0) is 16.6. The highest BCUT2D eigenvalue weighted by Crippen LogP contribution is 2.30. The molecule has 0 radical (unpaired) electrons. The number of alkyl halides is 3. The normalized spacial score (nSPS) is 14.6. The number of nitrogens with one attached hydrogen (secondary N) is 1. The van der Waals surface area contributed by atoms with Crippen LogP contribution < -0.4 is 5.32 Å². The van der Waals surface area contributed by atoms with E-state index in [-0.39, 0.29) is 0 Å². The average Bonchev–Trinajstić information content (AvgIpc) is 2.44. The van der Waals surface area contributed by atoms with Crippen molar-refractivity contribution >= 4 is 5.69 Å². The van der Waals surface area contributed by atoms with Gasteiger partial charge in [0.25, 0.3) is 0 Å². The SMILES string of the molecule is CCOCCOCc1cccc(NCC(C)(O)C(F)(F)F)c1. The molecule has 0 heterocycles. The summed E-state index contributed by atoms with van der Waals surface area (Å²) in [5.41, 5.74) is -1.46. The smallest absolute Gasteiger partial charge is 0.382 e. The van der Waals surface area contributed by atoms with Gasteiger partial charge in [-0.3, -0.25) is 0 Å². The van der Waals surface area contributed by atoms with Gasteiger partial charge in [0.1, 0.15) is 0 Å². The molecule has 0 aromatic heterocycles. The van der Waals surface area contributed by atoms with Gasteiger partial charge in [-0.05, 0) is 31.5 Å². The van der Waals surface area contributed by atoms with Crippen LogP contribution in [0.25, 0.3) is 0 Å². The molecule has 0 saturated carbocycles. The largest absolute Gasteiger partial charge is 0.418 e. The van der Waals surface area contributed by atoms with Crippen LogP contribution in [0.2, 0.25) is 0 Å². The molecule has 7 heteroatoms. The number of ether oxygens (including phenoxy) is 2. The van der Waals surface area contributed by atoms with Crippen LogP contribution in [0.15, 0.2) is 24.3 Å². The maximum absolute atomic E-state index is 12.6. The first-order valence-corrected chi connectivity index (χ1v) is 7.03. The van der Waals surface area contributed by atoms with Gasteiger partial charge in [0.05, 0.1) is 26.4 Å². The van der Waals surface area contributed by atoms with Gasteiger partial charge in [-0.1, -0.05) is 12.1 Å². The number of hydrogen-bond acceptors (Lipinski definition) is 4. The van der Waals surface area contributed by atoms with Crippen LogP contribution in [0.5, 0.6) is 0 Å². The summed E-state index contributed by atoms with van der Waals surface area (Å²) >= 11 is 0. The molecule has 0 aliphatic heterocycles. The van der Waals surface area contributed by atoms with Crippen molar-refractivity contribution < 1.29 is 27.8 Å². The molecule has 0 aliphatic carbocycles. The molecule has 2 N–H and O–H groups in total. The second-order valence-corrected chi connectivity index (χ2v) is 5.08. The summed E-state index contributed by atoms with van der Waals surface area (Å²) in [7, 11) is 0. The molecule has 1 unspecified atom stereocenters. The second-order valence-electron chi connectivity index (χ2n) is 5.08. The van der Waals surface area contributed by atoms with E-state index in [0.717, 1.165) is 12.5 Å². The minimum absolute atomic E-state index is 0.345. The monoisotopic (exact) mass is 321 g/mol. The van der Waals surface area contributed by atoms with Crippen molar-refractivity contribution in [1.29, 1.82) is 0 Å². The molecule has 126 valence electrons. The van der Waals surface area contributed by atoms with Crippen molar-refractivity contribution in [2.24, 2.45) is 0 Å². The van der Waals surface area contributed by atoms with Crippen LogP contribution in [0.1, 0.15) is 19.4 Å². The fraction of sp³-hybridized carbons (Fsp3) is 0.600. The van der Waals surface area contributed by atoms with Gasteiger partial charge in [-0.2, -0.15) is 13.2 Å². The topological polar surface area (TPSA) is 50.7 Å². The van der Waals surface area contributed by atoms with Gasteiger partial charge in [0.15, 0.2) is 5.60 Å². The van der Waals surface area contributed by atoms with Gasteiger partial charge in [0, 0.05) is 12.3 Å². The lowest BCUT2D eigenvalue weighted by molar-refractivity contribution is -0.246. The second kappa shape index (κ2) is 8.36. The highest BCUT2D eigenvalue weighted by molar-refractivity contribution is 5.46. The molecule has 0 fully saturated rings. The molecule has 0 bridgehead atoms. The molecule has 4 nitrogen and oxygen atoms in total. The maximum atomic E-state index is 12.6. The van der Waals surface area contributed by atoms with E-state index in [2.05, 4.69) is 5.32 Å². The Hall–Kier alpha value is -1.31. The Morgan fingerprint density at radius 3 is 2.50 bits per heavy atom. The van der Waals surface area contributed by atoms with E-state index in [9.17, 15) is 18.3 Å². The third-order valence-corrected chi connectivity index (χ3v) is 3.02. The van der Waals surface area contributed by atoms with Crippen molar-refractivity contribution in [1.82, 2.24) is 0 Å². The number of aliphatic hydroxyl groups is 1. The van der Waals surface area contributed by atoms with Crippen molar-refractivity contribution in [3.8, 4) is 0 Å². The van der Waals surface area contributed by atoms with E-state index < -0.39 is 18.3 Å². The molecule has 1 aromatic rings. The molecule has 1 rings (SSSR count). The van der Waals surface area contributed by atoms with E-state index >= 15 is 0 Å². The Kier molecular flexibility index (Phi) is 7.12. The summed E-state index contributed by atoms with van der Waals surface area (Å²) in [4.78, 5) is 0. The lowest BCUT2D eigenvalue weighted by atomic mass is 10.1. The van der Waals surface area contributed by atoms with Gasteiger partial charge in [0.2, 0.25) is 0 Å². The Bertz CT molecular complexity index is 450. The van der Waals surface area contributed by atoms with Gasteiger partial charge >= 0.3 is 6.18 Å². The quantitative estimate of drug-likeness (QED) is 0.687.